The van der Waals surface area contributed by atoms with Crippen LogP contribution >= 0.6 is 0 Å². The molecule has 1 aromatic carbocycles. The fraction of sp³-hybridized carbons (Fsp3) is 0.517. The Hall–Kier alpha value is -2.50. The van der Waals surface area contributed by atoms with E-state index in [0.717, 1.165) is 41.8 Å². The summed E-state index contributed by atoms with van der Waals surface area (Å²) in [6.07, 6.45) is 11.5. The number of fused-ring (bicyclic) bond motifs is 1. The number of aryl methyl sites for hydroxylation is 3. The molecule has 0 bridgehead atoms. The Labute approximate surface area is 204 Å². The van der Waals surface area contributed by atoms with Crippen LogP contribution in [-0.2, 0) is 6.54 Å². The van der Waals surface area contributed by atoms with Crippen LogP contribution in [0.4, 0.5) is 0 Å². The van der Waals surface area contributed by atoms with Gasteiger partial charge in [0.05, 0.1) is 6.54 Å². The first kappa shape index (κ1) is 23.3. The minimum atomic E-state index is 0.800. The molecular formula is C29H39N5. The van der Waals surface area contributed by atoms with Crippen LogP contribution in [0.3, 0.4) is 0 Å². The number of hydrogen-bond acceptors (Lipinski definition) is 4. The molecule has 2 fully saturated rings. The summed E-state index contributed by atoms with van der Waals surface area (Å²) in [5.74, 6) is 1.02. The van der Waals surface area contributed by atoms with Crippen LogP contribution in [0.5, 0.6) is 0 Å². The number of nitrogens with zero attached hydrogens (tertiary/aromatic N) is 5. The highest BCUT2D eigenvalue weighted by Crippen LogP contribution is 2.22. The molecule has 2 aromatic heterocycles. The van der Waals surface area contributed by atoms with Gasteiger partial charge in [-0.25, -0.2) is 9.97 Å². The van der Waals surface area contributed by atoms with Crippen molar-refractivity contribution in [2.75, 3.05) is 32.7 Å². The van der Waals surface area contributed by atoms with Crippen LogP contribution in [0, 0.1) is 20.8 Å². The third-order valence-electron chi connectivity index (χ3n) is 7.67. The van der Waals surface area contributed by atoms with Gasteiger partial charge in [-0.15, -0.1) is 0 Å². The number of piperidine rings is 2. The summed E-state index contributed by atoms with van der Waals surface area (Å²) in [6.45, 7) is 13.2. The highest BCUT2D eigenvalue weighted by atomic mass is 15.2. The molecule has 2 saturated heterocycles. The zero-order valence-electron chi connectivity index (χ0n) is 21.1. The third-order valence-corrected chi connectivity index (χ3v) is 7.67. The lowest BCUT2D eigenvalue weighted by molar-refractivity contribution is 0.0975. The normalized spacial score (nSPS) is 18.9. The second-order valence-electron chi connectivity index (χ2n) is 10.3. The second-order valence-corrected chi connectivity index (χ2v) is 10.3. The zero-order chi connectivity index (χ0) is 23.5. The van der Waals surface area contributed by atoms with Gasteiger partial charge in [0.25, 0.3) is 0 Å². The van der Waals surface area contributed by atoms with E-state index in [0.29, 0.717) is 0 Å². The summed E-state index contributed by atoms with van der Waals surface area (Å²) in [4.78, 5) is 14.9. The number of likely N-dealkylation sites (tertiary alicyclic amines) is 2. The maximum absolute atomic E-state index is 4.77. The molecule has 5 nitrogen and oxygen atoms in total. The van der Waals surface area contributed by atoms with Crippen molar-refractivity contribution in [2.24, 2.45) is 0 Å². The number of imidazole rings is 1. The van der Waals surface area contributed by atoms with E-state index in [1.54, 1.807) is 0 Å². The van der Waals surface area contributed by atoms with E-state index < -0.39 is 0 Å². The molecule has 0 unspecified atom stereocenters. The van der Waals surface area contributed by atoms with Gasteiger partial charge < -0.3 is 9.47 Å². The van der Waals surface area contributed by atoms with Gasteiger partial charge in [0.1, 0.15) is 11.3 Å². The topological polar surface area (TPSA) is 37.2 Å². The zero-order valence-corrected chi connectivity index (χ0v) is 21.1. The summed E-state index contributed by atoms with van der Waals surface area (Å²) < 4.78 is 2.23. The Balaban J connectivity index is 1.15. The lowest BCUT2D eigenvalue weighted by Gasteiger charge is -2.40. The van der Waals surface area contributed by atoms with Gasteiger partial charge in [-0.3, -0.25) is 4.90 Å². The van der Waals surface area contributed by atoms with Crippen molar-refractivity contribution >= 4 is 17.2 Å². The first-order valence-electron chi connectivity index (χ1n) is 13.1. The molecule has 0 spiro atoms. The Morgan fingerprint density at radius 1 is 0.912 bits per heavy atom. The average Bonchev–Trinajstić information content (AvgIpc) is 3.16. The van der Waals surface area contributed by atoms with E-state index in [2.05, 4.69) is 77.6 Å². The van der Waals surface area contributed by atoms with Crippen LogP contribution < -0.4 is 0 Å². The lowest BCUT2D eigenvalue weighted by atomic mass is 10.00. The molecule has 5 heteroatoms. The minimum Gasteiger partial charge on any atom is -0.308 e. The van der Waals surface area contributed by atoms with Gasteiger partial charge in [-0.05, 0) is 95.4 Å². The predicted molar refractivity (Wildman–Crippen MR) is 141 cm³/mol. The maximum Gasteiger partial charge on any atom is 0.160 e. The van der Waals surface area contributed by atoms with Crippen molar-refractivity contribution in [1.82, 2.24) is 24.3 Å². The highest BCUT2D eigenvalue weighted by molar-refractivity contribution is 5.76. The predicted octanol–water partition coefficient (Wildman–Crippen LogP) is 5.37. The van der Waals surface area contributed by atoms with Gasteiger partial charge in [0.2, 0.25) is 0 Å². The fourth-order valence-corrected chi connectivity index (χ4v) is 5.71. The Morgan fingerprint density at radius 3 is 2.38 bits per heavy atom. The summed E-state index contributed by atoms with van der Waals surface area (Å²) >= 11 is 0. The Morgan fingerprint density at radius 2 is 1.65 bits per heavy atom. The van der Waals surface area contributed by atoms with E-state index >= 15 is 0 Å². The van der Waals surface area contributed by atoms with Gasteiger partial charge in [0, 0.05) is 18.3 Å². The summed E-state index contributed by atoms with van der Waals surface area (Å²) in [5, 5.41) is 0. The maximum atomic E-state index is 4.77. The SMILES string of the molecule is Cc1cc(C)c2nc(C)n(Cc3ccc(C=CCN4CCC(N5CCCCC5)CC4)cc3)c2n1. The fourth-order valence-electron chi connectivity index (χ4n) is 5.71. The summed E-state index contributed by atoms with van der Waals surface area (Å²) in [7, 11) is 0. The van der Waals surface area contributed by atoms with Crippen molar-refractivity contribution in [3.05, 3.63) is 64.6 Å². The van der Waals surface area contributed by atoms with Gasteiger partial charge >= 0.3 is 0 Å². The van der Waals surface area contributed by atoms with E-state index in [4.69, 9.17) is 9.97 Å². The second kappa shape index (κ2) is 10.4. The molecule has 4 heterocycles. The van der Waals surface area contributed by atoms with Crippen LogP contribution in [0.2, 0.25) is 0 Å². The molecule has 0 radical (unpaired) electrons. The molecule has 0 aliphatic carbocycles. The largest absolute Gasteiger partial charge is 0.308 e. The lowest BCUT2D eigenvalue weighted by Crippen LogP contribution is -2.46. The molecule has 2 aliphatic rings. The molecule has 34 heavy (non-hydrogen) atoms. The number of pyridine rings is 1. The number of hydrogen-bond donors (Lipinski definition) is 0. The average molecular weight is 458 g/mol. The smallest absolute Gasteiger partial charge is 0.160 e. The number of aromatic nitrogens is 3. The summed E-state index contributed by atoms with van der Waals surface area (Å²) in [6, 6.07) is 11.9. The van der Waals surface area contributed by atoms with Crippen LogP contribution in [0.15, 0.2) is 36.4 Å². The van der Waals surface area contributed by atoms with E-state index in [-0.39, 0.29) is 0 Å². The molecule has 5 rings (SSSR count). The molecular weight excluding hydrogens is 418 g/mol. The van der Waals surface area contributed by atoms with Crippen molar-refractivity contribution < 1.29 is 0 Å². The minimum absolute atomic E-state index is 0.800. The van der Waals surface area contributed by atoms with Crippen LogP contribution in [0.1, 0.15) is 60.3 Å². The van der Waals surface area contributed by atoms with E-state index in [9.17, 15) is 0 Å². The van der Waals surface area contributed by atoms with Crippen LogP contribution in [0.25, 0.3) is 17.2 Å². The van der Waals surface area contributed by atoms with Crippen molar-refractivity contribution in [3.63, 3.8) is 0 Å². The molecule has 3 aromatic rings. The van der Waals surface area contributed by atoms with E-state index in [1.165, 1.54) is 75.0 Å². The number of rotatable bonds is 6. The third kappa shape index (κ3) is 5.26. The highest BCUT2D eigenvalue weighted by Gasteiger charge is 2.24. The Kier molecular flexibility index (Phi) is 7.12. The van der Waals surface area contributed by atoms with Crippen molar-refractivity contribution in [1.29, 1.82) is 0 Å². The summed E-state index contributed by atoms with van der Waals surface area (Å²) in [5.41, 5.74) is 6.79. The van der Waals surface area contributed by atoms with Gasteiger partial charge in [-0.1, -0.05) is 42.8 Å². The quantitative estimate of drug-likeness (QED) is 0.499. The van der Waals surface area contributed by atoms with Crippen LogP contribution in [-0.4, -0.2) is 63.1 Å². The molecule has 0 atom stereocenters. The Bertz CT molecular complexity index is 1130. The van der Waals surface area contributed by atoms with Crippen molar-refractivity contribution in [3.8, 4) is 0 Å². The molecule has 0 amide bonds. The number of benzene rings is 1. The molecule has 0 saturated carbocycles. The first-order valence-corrected chi connectivity index (χ1v) is 13.1. The monoisotopic (exact) mass is 457 g/mol. The van der Waals surface area contributed by atoms with Gasteiger partial charge in [0.15, 0.2) is 5.65 Å². The van der Waals surface area contributed by atoms with Gasteiger partial charge in [-0.2, -0.15) is 0 Å². The molecule has 180 valence electrons. The van der Waals surface area contributed by atoms with E-state index in [1.807, 2.05) is 0 Å². The van der Waals surface area contributed by atoms with Crippen molar-refractivity contribution in [2.45, 2.75) is 65.5 Å². The molecule has 2 aliphatic heterocycles. The first-order chi connectivity index (χ1) is 16.6. The molecule has 0 N–H and O–H groups in total. The standard InChI is InChI=1S/C29H39N5/c1-22-20-23(2)30-29-28(22)31-24(3)34(29)21-26-11-9-25(10-12-26)8-7-15-32-18-13-27(14-19-32)33-16-5-4-6-17-33/h7-12,20,27H,4-6,13-19,21H2,1-3H3.